The van der Waals surface area contributed by atoms with Gasteiger partial charge >= 0.3 is 0 Å². The van der Waals surface area contributed by atoms with E-state index in [0.29, 0.717) is 30.7 Å². The van der Waals surface area contributed by atoms with Gasteiger partial charge in [-0.05, 0) is 37.6 Å². The summed E-state index contributed by atoms with van der Waals surface area (Å²) < 4.78 is 6.50. The van der Waals surface area contributed by atoms with Gasteiger partial charge < -0.3 is 9.64 Å². The van der Waals surface area contributed by atoms with Crippen LogP contribution in [0.25, 0.3) is 5.78 Å². The number of aryl methyl sites for hydroxylation is 1. The Kier molecular flexibility index (Phi) is 5.49. The van der Waals surface area contributed by atoms with E-state index in [9.17, 15) is 9.59 Å². The monoisotopic (exact) mass is 444 g/mol. The van der Waals surface area contributed by atoms with Gasteiger partial charge in [-0.3, -0.25) is 19.6 Å². The minimum absolute atomic E-state index is 0. The Balaban J connectivity index is 0.00000231. The minimum atomic E-state index is -0.411. The quantitative estimate of drug-likeness (QED) is 0.658. The summed E-state index contributed by atoms with van der Waals surface area (Å²) in [5, 5.41) is 2.84. The van der Waals surface area contributed by atoms with Gasteiger partial charge in [-0.25, -0.2) is 4.98 Å². The van der Waals surface area contributed by atoms with Crippen LogP contribution in [0, 0.1) is 18.8 Å². The summed E-state index contributed by atoms with van der Waals surface area (Å²) in [6.45, 7) is 3.92. The average Bonchev–Trinajstić information content (AvgIpc) is 3.40. The molecule has 1 N–H and O–H groups in total. The van der Waals surface area contributed by atoms with Crippen molar-refractivity contribution in [1.82, 2.24) is 29.4 Å². The number of H-pyrrole nitrogens is 1. The molecular formula is C21H25ClN6O3. The second kappa shape index (κ2) is 7.97. The first-order valence-corrected chi connectivity index (χ1v) is 10.0. The third-order valence-electron chi connectivity index (χ3n) is 6.35. The number of benzene rings is 1. The molecule has 3 aromatic rings. The highest BCUT2D eigenvalue weighted by molar-refractivity contribution is 5.94. The van der Waals surface area contributed by atoms with Crippen LogP contribution in [0.1, 0.15) is 27.8 Å². The maximum atomic E-state index is 13.2. The van der Waals surface area contributed by atoms with Gasteiger partial charge in [0.15, 0.2) is 0 Å². The molecular weight excluding hydrogens is 420 g/mol. The van der Waals surface area contributed by atoms with Crippen LogP contribution in [0.2, 0.25) is 0 Å². The molecule has 2 fully saturated rings. The van der Waals surface area contributed by atoms with Crippen molar-refractivity contribution in [3.8, 4) is 5.75 Å². The van der Waals surface area contributed by atoms with Crippen LogP contribution in [0.15, 0.2) is 35.3 Å². The summed E-state index contributed by atoms with van der Waals surface area (Å²) in [4.78, 5) is 38.4. The normalized spacial score (nSPS) is 23.1. The van der Waals surface area contributed by atoms with E-state index < -0.39 is 5.56 Å². The lowest BCUT2D eigenvalue weighted by Gasteiger charge is -2.27. The molecule has 2 saturated heterocycles. The van der Waals surface area contributed by atoms with Gasteiger partial charge in [-0.15, -0.1) is 12.4 Å². The van der Waals surface area contributed by atoms with E-state index in [1.807, 2.05) is 12.1 Å². The molecule has 5 rings (SSSR count). The molecule has 4 heterocycles. The predicted molar refractivity (Wildman–Crippen MR) is 117 cm³/mol. The third kappa shape index (κ3) is 3.47. The highest BCUT2D eigenvalue weighted by Crippen LogP contribution is 2.44. The number of carbonyl (C=O) groups excluding carboxylic acids is 1. The topological polar surface area (TPSA) is 95.8 Å². The Hall–Kier alpha value is -2.91. The average molecular weight is 445 g/mol. The van der Waals surface area contributed by atoms with Crippen LogP contribution in [-0.4, -0.2) is 69.1 Å². The SMILES string of the molecule is COc1ccc([C@H]2[C@@H]3CN(C(=O)c4cnc5nc(C)[nH]n5c4=O)C[C@@H]3CN2C)cc1.Cl. The maximum Gasteiger partial charge on any atom is 0.286 e. The molecule has 0 radical (unpaired) electrons. The molecule has 2 aliphatic rings. The zero-order valence-corrected chi connectivity index (χ0v) is 18.4. The van der Waals surface area contributed by atoms with E-state index in [1.54, 1.807) is 18.9 Å². The van der Waals surface area contributed by atoms with Gasteiger partial charge in [-0.1, -0.05) is 12.1 Å². The number of aromatic amines is 1. The van der Waals surface area contributed by atoms with Crippen molar-refractivity contribution in [2.75, 3.05) is 33.8 Å². The number of nitrogens with one attached hydrogen (secondary N) is 1. The number of nitrogens with zero attached hydrogens (tertiary/aromatic N) is 5. The third-order valence-corrected chi connectivity index (χ3v) is 6.35. The van der Waals surface area contributed by atoms with Gasteiger partial charge in [0.25, 0.3) is 17.2 Å². The number of halogens is 1. The van der Waals surface area contributed by atoms with Crippen LogP contribution in [-0.2, 0) is 0 Å². The van der Waals surface area contributed by atoms with Crippen molar-refractivity contribution in [2.24, 2.45) is 11.8 Å². The highest BCUT2D eigenvalue weighted by atomic mass is 35.5. The first kappa shape index (κ1) is 21.3. The number of likely N-dealkylation sites (tertiary alicyclic amines) is 2. The van der Waals surface area contributed by atoms with Crippen molar-refractivity contribution < 1.29 is 9.53 Å². The fourth-order valence-electron chi connectivity index (χ4n) is 5.01. The summed E-state index contributed by atoms with van der Waals surface area (Å²) in [5.74, 6) is 2.11. The van der Waals surface area contributed by atoms with Crippen molar-refractivity contribution in [2.45, 2.75) is 13.0 Å². The molecule has 3 atom stereocenters. The number of aromatic nitrogens is 4. The number of methoxy groups -OCH3 is 1. The number of hydrogen-bond donors (Lipinski definition) is 1. The van der Waals surface area contributed by atoms with Crippen LogP contribution in [0.4, 0.5) is 0 Å². The van der Waals surface area contributed by atoms with Crippen LogP contribution >= 0.6 is 12.4 Å². The van der Waals surface area contributed by atoms with E-state index in [1.165, 1.54) is 16.3 Å². The minimum Gasteiger partial charge on any atom is -0.497 e. The second-order valence-corrected chi connectivity index (χ2v) is 8.21. The molecule has 0 aliphatic carbocycles. The molecule has 2 aliphatic heterocycles. The van der Waals surface area contributed by atoms with Crippen molar-refractivity contribution >= 4 is 24.1 Å². The highest BCUT2D eigenvalue weighted by Gasteiger charge is 2.47. The van der Waals surface area contributed by atoms with E-state index >= 15 is 0 Å². The Bertz CT molecular complexity index is 1170. The fourth-order valence-corrected chi connectivity index (χ4v) is 5.01. The molecule has 9 nitrogen and oxygen atoms in total. The van der Waals surface area contributed by atoms with Crippen molar-refractivity contribution in [1.29, 1.82) is 0 Å². The lowest BCUT2D eigenvalue weighted by atomic mass is 9.89. The zero-order valence-electron chi connectivity index (χ0n) is 17.6. The summed E-state index contributed by atoms with van der Waals surface area (Å²) in [5.41, 5.74) is 0.883. The molecule has 0 unspecified atom stereocenters. The number of rotatable bonds is 3. The predicted octanol–water partition coefficient (Wildman–Crippen LogP) is 1.53. The first-order valence-electron chi connectivity index (χ1n) is 10.0. The first-order chi connectivity index (χ1) is 14.5. The van der Waals surface area contributed by atoms with Crippen molar-refractivity contribution in [3.05, 3.63) is 57.8 Å². The Morgan fingerprint density at radius 3 is 2.65 bits per heavy atom. The Labute approximate surface area is 185 Å². The Morgan fingerprint density at radius 1 is 1.19 bits per heavy atom. The standard InChI is InChI=1S/C21H24N6O3.ClH/c1-12-23-21-22-8-16(20(29)27(21)24-12)19(28)26-10-14-9-25(2)18(17(14)11-26)13-4-6-15(30-3)7-5-13;/h4-8,14,17-18H,9-11H2,1-3H3,(H,22,23,24);1H/t14-,17+,18-;/m0./s1. The van der Waals surface area contributed by atoms with E-state index in [2.05, 4.69) is 39.1 Å². The van der Waals surface area contributed by atoms with Gasteiger partial charge in [0.1, 0.15) is 17.1 Å². The molecule has 2 aromatic heterocycles. The van der Waals surface area contributed by atoms with Crippen LogP contribution < -0.4 is 10.3 Å². The summed E-state index contributed by atoms with van der Waals surface area (Å²) in [6.07, 6.45) is 1.35. The van der Waals surface area contributed by atoms with Crippen LogP contribution in [0.5, 0.6) is 5.75 Å². The zero-order chi connectivity index (χ0) is 21.0. The summed E-state index contributed by atoms with van der Waals surface area (Å²) >= 11 is 0. The van der Waals surface area contributed by atoms with Gasteiger partial charge in [0.05, 0.1) is 7.11 Å². The molecule has 0 bridgehead atoms. The summed E-state index contributed by atoms with van der Waals surface area (Å²) in [6, 6.07) is 8.37. The number of amides is 1. The molecule has 10 heteroatoms. The smallest absolute Gasteiger partial charge is 0.286 e. The molecule has 1 aromatic carbocycles. The lowest BCUT2D eigenvalue weighted by molar-refractivity contribution is 0.0765. The molecule has 164 valence electrons. The number of hydrogen-bond acceptors (Lipinski definition) is 6. The lowest BCUT2D eigenvalue weighted by Crippen LogP contribution is -2.37. The summed E-state index contributed by atoms with van der Waals surface area (Å²) in [7, 11) is 3.79. The molecule has 1 amide bonds. The van der Waals surface area contributed by atoms with Crippen molar-refractivity contribution in [3.63, 3.8) is 0 Å². The fraction of sp³-hybridized carbons (Fsp3) is 0.429. The van der Waals surface area contributed by atoms with E-state index in [4.69, 9.17) is 4.74 Å². The molecule has 0 saturated carbocycles. The number of carbonyl (C=O) groups is 1. The van der Waals surface area contributed by atoms with E-state index in [-0.39, 0.29) is 35.7 Å². The van der Waals surface area contributed by atoms with E-state index in [0.717, 1.165) is 12.3 Å². The molecule has 31 heavy (non-hydrogen) atoms. The van der Waals surface area contributed by atoms with Crippen LogP contribution in [0.3, 0.4) is 0 Å². The van der Waals surface area contributed by atoms with Gasteiger partial charge in [0.2, 0.25) is 0 Å². The molecule has 0 spiro atoms. The van der Waals surface area contributed by atoms with Gasteiger partial charge in [0, 0.05) is 37.8 Å². The van der Waals surface area contributed by atoms with Gasteiger partial charge in [-0.2, -0.15) is 9.50 Å². The number of ether oxygens (including phenoxy) is 1. The largest absolute Gasteiger partial charge is 0.497 e. The second-order valence-electron chi connectivity index (χ2n) is 8.21. The number of fused-ring (bicyclic) bond motifs is 2. The maximum absolute atomic E-state index is 13.2. The Morgan fingerprint density at radius 2 is 1.94 bits per heavy atom.